The van der Waals surface area contributed by atoms with Gasteiger partial charge in [-0.2, -0.15) is 0 Å². The predicted octanol–water partition coefficient (Wildman–Crippen LogP) is 11.3. The summed E-state index contributed by atoms with van der Waals surface area (Å²) in [6.45, 7) is 4.39. The molecule has 0 aliphatic carbocycles. The number of aryl methyl sites for hydroxylation is 2. The van der Waals surface area contributed by atoms with Crippen LogP contribution in [0.5, 0.6) is 0 Å². The lowest BCUT2D eigenvalue weighted by atomic mass is 10.0. The van der Waals surface area contributed by atoms with Gasteiger partial charge in [-0.25, -0.2) is 9.97 Å². The van der Waals surface area contributed by atoms with Gasteiger partial charge in [-0.1, -0.05) is 103 Å². The molecule has 3 aromatic heterocycles. The van der Waals surface area contributed by atoms with Crippen LogP contribution < -0.4 is 0 Å². The topological polar surface area (TPSA) is 35.6 Å². The minimum atomic E-state index is 0.666. The van der Waals surface area contributed by atoms with Crippen LogP contribution in [0.15, 0.2) is 146 Å². The Kier molecular flexibility index (Phi) is 5.67. The summed E-state index contributed by atoms with van der Waals surface area (Å²) in [7, 11) is 0. The molecule has 0 unspecified atom stereocenters. The monoisotopic (exact) mass is 614 g/mol. The third-order valence-electron chi connectivity index (χ3n) is 9.87. The van der Waals surface area contributed by atoms with E-state index in [4.69, 9.17) is 9.97 Å². The van der Waals surface area contributed by atoms with Crippen molar-refractivity contribution >= 4 is 65.3 Å². The number of rotatable bonds is 3. The van der Waals surface area contributed by atoms with Crippen LogP contribution in [0, 0.1) is 13.8 Å². The molecule has 3 heterocycles. The average Bonchev–Trinajstić information content (AvgIpc) is 3.62. The molecule has 0 N–H and O–H groups in total. The van der Waals surface area contributed by atoms with Crippen molar-refractivity contribution < 1.29 is 0 Å². The second-order valence-electron chi connectivity index (χ2n) is 12.8. The first-order valence-corrected chi connectivity index (χ1v) is 16.4. The van der Waals surface area contributed by atoms with Crippen molar-refractivity contribution in [2.75, 3.05) is 0 Å². The lowest BCUT2D eigenvalue weighted by Gasteiger charge is -2.13. The van der Waals surface area contributed by atoms with Crippen LogP contribution in [0.25, 0.3) is 88.2 Å². The molecule has 0 aliphatic heterocycles. The highest BCUT2D eigenvalue weighted by Gasteiger charge is 2.22. The molecule has 10 aromatic rings. The standard InChI is InChI=1S/C44H30N4/c1-27-21-22-39-34(23-27)35-25-36-37-24-28(2)31-17-9-10-18-32(31)43(37)48(41(36)26-40(35)47(39)30-15-7-4-8-16-30)44-45-38-20-12-11-19-33(38)42(46-44)29-13-5-3-6-14-29/h3-26H,1-2H3. The van der Waals surface area contributed by atoms with Gasteiger partial charge < -0.3 is 4.57 Å². The summed E-state index contributed by atoms with van der Waals surface area (Å²) in [5, 5.41) is 8.35. The van der Waals surface area contributed by atoms with Gasteiger partial charge in [0.05, 0.1) is 33.3 Å². The van der Waals surface area contributed by atoms with Gasteiger partial charge in [0.1, 0.15) is 0 Å². The van der Waals surface area contributed by atoms with Crippen LogP contribution in [0.1, 0.15) is 11.1 Å². The zero-order chi connectivity index (χ0) is 31.9. The van der Waals surface area contributed by atoms with Gasteiger partial charge in [0.15, 0.2) is 0 Å². The van der Waals surface area contributed by atoms with Crippen molar-refractivity contribution in [3.05, 3.63) is 157 Å². The fourth-order valence-electron chi connectivity index (χ4n) is 7.72. The molecule has 4 heteroatoms. The van der Waals surface area contributed by atoms with E-state index < -0.39 is 0 Å². The van der Waals surface area contributed by atoms with Gasteiger partial charge in [-0.05, 0) is 73.3 Å². The Morgan fingerprint density at radius 2 is 1.08 bits per heavy atom. The summed E-state index contributed by atoms with van der Waals surface area (Å²) in [5.74, 6) is 0.666. The molecule has 0 bridgehead atoms. The normalized spacial score (nSPS) is 12.0. The average molecular weight is 615 g/mol. The lowest BCUT2D eigenvalue weighted by Crippen LogP contribution is -2.04. The predicted molar refractivity (Wildman–Crippen MR) is 201 cm³/mol. The third-order valence-corrected chi connectivity index (χ3v) is 9.87. The number of para-hydroxylation sites is 2. The highest BCUT2D eigenvalue weighted by Crippen LogP contribution is 2.42. The van der Waals surface area contributed by atoms with E-state index in [0.29, 0.717) is 5.95 Å². The molecule has 48 heavy (non-hydrogen) atoms. The number of hydrogen-bond donors (Lipinski definition) is 0. The van der Waals surface area contributed by atoms with E-state index in [2.05, 4.69) is 163 Å². The first kappa shape index (κ1) is 26.9. The van der Waals surface area contributed by atoms with Gasteiger partial charge in [0, 0.05) is 43.6 Å². The molecule has 4 nitrogen and oxygen atoms in total. The first-order valence-electron chi connectivity index (χ1n) is 16.4. The van der Waals surface area contributed by atoms with E-state index in [1.807, 2.05) is 6.07 Å². The summed E-state index contributed by atoms with van der Waals surface area (Å²) in [4.78, 5) is 10.7. The van der Waals surface area contributed by atoms with Gasteiger partial charge in [0.2, 0.25) is 5.95 Å². The van der Waals surface area contributed by atoms with E-state index in [0.717, 1.165) is 44.4 Å². The lowest BCUT2D eigenvalue weighted by molar-refractivity contribution is 1.02. The highest BCUT2D eigenvalue weighted by molar-refractivity contribution is 6.23. The summed E-state index contributed by atoms with van der Waals surface area (Å²) in [5.41, 5.74) is 11.1. The Hall–Kier alpha value is -6.26. The minimum Gasteiger partial charge on any atom is -0.309 e. The second-order valence-corrected chi connectivity index (χ2v) is 12.8. The third kappa shape index (κ3) is 3.83. The molecule has 0 radical (unpaired) electrons. The second kappa shape index (κ2) is 10.1. The Bertz CT molecular complexity index is 2900. The number of nitrogens with zero attached hydrogens (tertiary/aromatic N) is 4. The van der Waals surface area contributed by atoms with Crippen LogP contribution in [0.2, 0.25) is 0 Å². The van der Waals surface area contributed by atoms with E-state index >= 15 is 0 Å². The van der Waals surface area contributed by atoms with Crippen LogP contribution in [0.3, 0.4) is 0 Å². The maximum absolute atomic E-state index is 5.40. The number of fused-ring (bicyclic) bond motifs is 9. The summed E-state index contributed by atoms with van der Waals surface area (Å²) < 4.78 is 4.70. The van der Waals surface area contributed by atoms with Crippen molar-refractivity contribution in [1.82, 2.24) is 19.1 Å². The minimum absolute atomic E-state index is 0.666. The van der Waals surface area contributed by atoms with Crippen LogP contribution in [-0.2, 0) is 0 Å². The van der Waals surface area contributed by atoms with Gasteiger partial charge in [-0.3, -0.25) is 4.57 Å². The molecule has 7 aromatic carbocycles. The van der Waals surface area contributed by atoms with Crippen molar-refractivity contribution in [3.8, 4) is 22.9 Å². The number of hydrogen-bond acceptors (Lipinski definition) is 2. The first-order chi connectivity index (χ1) is 23.6. The fraction of sp³-hybridized carbons (Fsp3) is 0.0455. The molecule has 0 saturated heterocycles. The van der Waals surface area contributed by atoms with Crippen molar-refractivity contribution in [3.63, 3.8) is 0 Å². The van der Waals surface area contributed by atoms with Crippen LogP contribution in [0.4, 0.5) is 0 Å². The molecule has 0 aliphatic rings. The largest absolute Gasteiger partial charge is 0.309 e. The van der Waals surface area contributed by atoms with Crippen molar-refractivity contribution in [2.45, 2.75) is 13.8 Å². The molecule has 226 valence electrons. The molecule has 0 saturated carbocycles. The van der Waals surface area contributed by atoms with Crippen molar-refractivity contribution in [2.24, 2.45) is 0 Å². The molecular weight excluding hydrogens is 585 g/mol. The molecular formula is C44H30N4. The zero-order valence-electron chi connectivity index (χ0n) is 26.6. The Morgan fingerprint density at radius 3 is 1.90 bits per heavy atom. The summed E-state index contributed by atoms with van der Waals surface area (Å²) in [6, 6.07) is 52.1. The maximum atomic E-state index is 5.40. The number of aromatic nitrogens is 4. The van der Waals surface area contributed by atoms with Gasteiger partial charge >= 0.3 is 0 Å². The van der Waals surface area contributed by atoms with Crippen LogP contribution in [-0.4, -0.2) is 19.1 Å². The summed E-state index contributed by atoms with van der Waals surface area (Å²) in [6.07, 6.45) is 0. The quantitative estimate of drug-likeness (QED) is 0.198. The molecule has 10 rings (SSSR count). The smallest absolute Gasteiger partial charge is 0.235 e. The Balaban J connectivity index is 1.43. The zero-order valence-corrected chi connectivity index (χ0v) is 26.6. The Labute approximate surface area is 277 Å². The number of benzene rings is 7. The SMILES string of the molecule is Cc1ccc2c(c1)c1cc3c4cc(C)c5ccccc5c4n(-c4nc(-c5ccccc5)c5ccccc5n4)c3cc1n2-c1ccccc1. The van der Waals surface area contributed by atoms with Crippen LogP contribution >= 0.6 is 0 Å². The van der Waals surface area contributed by atoms with E-state index in [1.165, 1.54) is 49.0 Å². The molecule has 0 amide bonds. The van der Waals surface area contributed by atoms with Crippen molar-refractivity contribution in [1.29, 1.82) is 0 Å². The van der Waals surface area contributed by atoms with E-state index in [9.17, 15) is 0 Å². The summed E-state index contributed by atoms with van der Waals surface area (Å²) >= 11 is 0. The van der Waals surface area contributed by atoms with Gasteiger partial charge in [-0.15, -0.1) is 0 Å². The molecule has 0 spiro atoms. The maximum Gasteiger partial charge on any atom is 0.235 e. The molecule has 0 atom stereocenters. The van der Waals surface area contributed by atoms with E-state index in [-0.39, 0.29) is 0 Å². The highest BCUT2D eigenvalue weighted by atomic mass is 15.2. The fourth-order valence-corrected chi connectivity index (χ4v) is 7.72. The Morgan fingerprint density at radius 1 is 0.438 bits per heavy atom. The molecule has 0 fully saturated rings. The van der Waals surface area contributed by atoms with Gasteiger partial charge in [0.25, 0.3) is 0 Å². The van der Waals surface area contributed by atoms with E-state index in [1.54, 1.807) is 0 Å².